The maximum absolute atomic E-state index is 12.2. The van der Waals surface area contributed by atoms with E-state index in [9.17, 15) is 4.79 Å². The molecule has 0 aliphatic heterocycles. The Hall–Kier alpha value is -1.03. The summed E-state index contributed by atoms with van der Waals surface area (Å²) in [5, 5.41) is 3.35. The summed E-state index contributed by atoms with van der Waals surface area (Å²) < 4.78 is 1.79. The number of nitrogens with one attached hydrogen (secondary N) is 1. The zero-order valence-corrected chi connectivity index (χ0v) is 11.1. The predicted octanol–water partition coefficient (Wildman–Crippen LogP) is 2.54. The minimum absolute atomic E-state index is 0.00515. The van der Waals surface area contributed by atoms with E-state index in [-0.39, 0.29) is 17.0 Å². The lowest BCUT2D eigenvalue weighted by Crippen LogP contribution is -2.36. The topological polar surface area (TPSA) is 46.9 Å². The van der Waals surface area contributed by atoms with Gasteiger partial charge in [0, 0.05) is 24.5 Å². The fraction of sp³-hybridized carbons (Fsp3) is 0.692. The Morgan fingerprint density at radius 1 is 1.28 bits per heavy atom. The van der Waals surface area contributed by atoms with Gasteiger partial charge in [-0.15, -0.1) is 11.6 Å². The van der Waals surface area contributed by atoms with Gasteiger partial charge >= 0.3 is 0 Å². The van der Waals surface area contributed by atoms with Gasteiger partial charge < -0.3 is 9.88 Å². The average Bonchev–Trinajstić information content (AvgIpc) is 3.19. The summed E-state index contributed by atoms with van der Waals surface area (Å²) in [6.07, 6.45) is 10.1. The molecule has 0 bridgehead atoms. The van der Waals surface area contributed by atoms with Crippen LogP contribution in [0.15, 0.2) is 17.2 Å². The minimum atomic E-state index is -0.00515. The van der Waals surface area contributed by atoms with Gasteiger partial charge in [-0.25, -0.2) is 4.98 Å². The maximum Gasteiger partial charge on any atom is 0.293 e. The highest BCUT2D eigenvalue weighted by molar-refractivity contribution is 6.21. The van der Waals surface area contributed by atoms with Crippen LogP contribution in [0, 0.1) is 0 Å². The van der Waals surface area contributed by atoms with Crippen molar-refractivity contribution in [3.63, 3.8) is 0 Å². The van der Waals surface area contributed by atoms with Crippen LogP contribution in [0.1, 0.15) is 44.6 Å². The monoisotopic (exact) mass is 267 g/mol. The van der Waals surface area contributed by atoms with Crippen molar-refractivity contribution in [2.75, 3.05) is 5.32 Å². The predicted molar refractivity (Wildman–Crippen MR) is 72.3 cm³/mol. The summed E-state index contributed by atoms with van der Waals surface area (Å²) >= 11 is 6.30. The molecule has 1 heterocycles. The molecular weight excluding hydrogens is 250 g/mol. The molecule has 3 rings (SSSR count). The van der Waals surface area contributed by atoms with E-state index in [1.807, 2.05) is 0 Å². The number of hydrogen-bond acceptors (Lipinski definition) is 3. The molecule has 2 aliphatic rings. The number of anilines is 1. The molecule has 1 N–H and O–H groups in total. The summed E-state index contributed by atoms with van der Waals surface area (Å²) in [5.74, 6) is 0.460. The van der Waals surface area contributed by atoms with Crippen LogP contribution in [-0.4, -0.2) is 21.0 Å². The van der Waals surface area contributed by atoms with Crippen molar-refractivity contribution in [2.45, 2.75) is 56.0 Å². The van der Waals surface area contributed by atoms with Gasteiger partial charge in [0.25, 0.3) is 5.56 Å². The number of rotatable bonds is 3. The molecule has 0 spiro atoms. The van der Waals surface area contributed by atoms with Crippen LogP contribution in [0.3, 0.4) is 0 Å². The molecule has 1 aromatic rings. The second kappa shape index (κ2) is 4.92. The highest BCUT2D eigenvalue weighted by Crippen LogP contribution is 2.33. The first-order valence-electron chi connectivity index (χ1n) is 6.73. The molecule has 2 atom stereocenters. The quantitative estimate of drug-likeness (QED) is 0.856. The van der Waals surface area contributed by atoms with E-state index >= 15 is 0 Å². The van der Waals surface area contributed by atoms with E-state index in [2.05, 4.69) is 10.3 Å². The molecule has 98 valence electrons. The summed E-state index contributed by atoms with van der Waals surface area (Å²) in [7, 11) is 0. The number of nitrogens with zero attached hydrogens (tertiary/aromatic N) is 2. The minimum Gasteiger partial charge on any atom is -0.361 e. The van der Waals surface area contributed by atoms with Gasteiger partial charge in [-0.1, -0.05) is 12.8 Å². The van der Waals surface area contributed by atoms with Crippen LogP contribution >= 0.6 is 11.6 Å². The molecule has 2 unspecified atom stereocenters. The largest absolute Gasteiger partial charge is 0.361 e. The first-order chi connectivity index (χ1) is 8.75. The van der Waals surface area contributed by atoms with E-state index in [4.69, 9.17) is 11.6 Å². The fourth-order valence-corrected chi connectivity index (χ4v) is 2.93. The van der Waals surface area contributed by atoms with E-state index in [1.54, 1.807) is 17.0 Å². The van der Waals surface area contributed by atoms with Gasteiger partial charge in [-0.2, -0.15) is 0 Å². The summed E-state index contributed by atoms with van der Waals surface area (Å²) in [4.78, 5) is 16.4. The second-order valence-corrected chi connectivity index (χ2v) is 5.83. The summed E-state index contributed by atoms with van der Waals surface area (Å²) in [6, 6.07) is 0.565. The van der Waals surface area contributed by atoms with Crippen LogP contribution in [0.25, 0.3) is 0 Å². The van der Waals surface area contributed by atoms with Crippen molar-refractivity contribution < 1.29 is 0 Å². The van der Waals surface area contributed by atoms with Crippen LogP contribution in [0.2, 0.25) is 0 Å². The number of halogens is 1. The molecule has 1 aromatic heterocycles. The molecular formula is C13H18ClN3O. The van der Waals surface area contributed by atoms with E-state index in [0.29, 0.717) is 11.9 Å². The molecule has 0 amide bonds. The van der Waals surface area contributed by atoms with Gasteiger partial charge in [0.2, 0.25) is 0 Å². The summed E-state index contributed by atoms with van der Waals surface area (Å²) in [6.45, 7) is 0. The van der Waals surface area contributed by atoms with Crippen molar-refractivity contribution in [1.82, 2.24) is 9.55 Å². The van der Waals surface area contributed by atoms with Crippen LogP contribution < -0.4 is 10.9 Å². The lowest BCUT2D eigenvalue weighted by Gasteiger charge is -2.28. The van der Waals surface area contributed by atoms with Crippen molar-refractivity contribution in [1.29, 1.82) is 0 Å². The lowest BCUT2D eigenvalue weighted by atomic mass is 9.95. The van der Waals surface area contributed by atoms with Gasteiger partial charge in [0.05, 0.1) is 5.38 Å². The SMILES string of the molecule is O=c1c(NC2CCCCC2Cl)nccn1C1CC1. The average molecular weight is 268 g/mol. The number of alkyl halides is 1. The maximum atomic E-state index is 12.2. The third-order valence-corrected chi connectivity index (χ3v) is 4.33. The second-order valence-electron chi connectivity index (χ2n) is 5.27. The number of hydrogen-bond donors (Lipinski definition) is 1. The normalized spacial score (nSPS) is 28.1. The van der Waals surface area contributed by atoms with Crippen molar-refractivity contribution in [3.8, 4) is 0 Å². The first kappa shape index (κ1) is 12.0. The first-order valence-corrected chi connectivity index (χ1v) is 7.17. The fourth-order valence-electron chi connectivity index (χ4n) is 2.59. The van der Waals surface area contributed by atoms with Gasteiger partial charge in [-0.05, 0) is 25.7 Å². The zero-order valence-electron chi connectivity index (χ0n) is 10.3. The third-order valence-electron chi connectivity index (χ3n) is 3.81. The van der Waals surface area contributed by atoms with Crippen molar-refractivity contribution in [3.05, 3.63) is 22.7 Å². The Labute approximate surface area is 111 Å². The molecule has 5 heteroatoms. The van der Waals surface area contributed by atoms with E-state index < -0.39 is 0 Å². The highest BCUT2D eigenvalue weighted by Gasteiger charge is 2.27. The Morgan fingerprint density at radius 2 is 2.06 bits per heavy atom. The van der Waals surface area contributed by atoms with Gasteiger partial charge in [0.1, 0.15) is 0 Å². The van der Waals surface area contributed by atoms with Crippen LogP contribution in [0.4, 0.5) is 5.82 Å². The smallest absolute Gasteiger partial charge is 0.293 e. The Morgan fingerprint density at radius 3 is 2.78 bits per heavy atom. The highest BCUT2D eigenvalue weighted by atomic mass is 35.5. The Balaban J connectivity index is 1.79. The van der Waals surface area contributed by atoms with Crippen molar-refractivity contribution >= 4 is 17.4 Å². The zero-order chi connectivity index (χ0) is 12.5. The third kappa shape index (κ3) is 2.39. The molecule has 2 saturated carbocycles. The van der Waals surface area contributed by atoms with Gasteiger partial charge in [-0.3, -0.25) is 4.79 Å². The summed E-state index contributed by atoms with van der Waals surface area (Å²) in [5.41, 5.74) is -0.00515. The van der Waals surface area contributed by atoms with Crippen molar-refractivity contribution in [2.24, 2.45) is 0 Å². The lowest BCUT2D eigenvalue weighted by molar-refractivity contribution is 0.467. The molecule has 4 nitrogen and oxygen atoms in total. The number of aromatic nitrogens is 2. The van der Waals surface area contributed by atoms with Crippen LogP contribution in [0.5, 0.6) is 0 Å². The van der Waals surface area contributed by atoms with Gasteiger partial charge in [0.15, 0.2) is 5.82 Å². The van der Waals surface area contributed by atoms with E-state index in [0.717, 1.165) is 25.7 Å². The van der Waals surface area contributed by atoms with Crippen LogP contribution in [-0.2, 0) is 0 Å². The standard InChI is InChI=1S/C13H18ClN3O/c14-10-3-1-2-4-11(10)16-12-13(18)17(8-7-15-12)9-5-6-9/h7-11H,1-6H2,(H,15,16). The Bertz CT molecular complexity index is 483. The molecule has 0 radical (unpaired) electrons. The molecule has 0 saturated heterocycles. The molecule has 2 fully saturated rings. The molecule has 2 aliphatic carbocycles. The Kier molecular flexibility index (Phi) is 3.29. The molecule has 18 heavy (non-hydrogen) atoms. The van der Waals surface area contributed by atoms with E-state index in [1.165, 1.54) is 12.8 Å². The molecule has 0 aromatic carbocycles.